The lowest BCUT2D eigenvalue weighted by molar-refractivity contribution is -0.173. The molecule has 1 aliphatic heterocycles. The number of carbonyl (C=O) groups is 1. The maximum absolute atomic E-state index is 13.9. The molecular formula is C23H22ClF3N4O3. The van der Waals surface area contributed by atoms with Gasteiger partial charge in [0.2, 0.25) is 0 Å². The summed E-state index contributed by atoms with van der Waals surface area (Å²) in [6.07, 6.45) is -4.88. The van der Waals surface area contributed by atoms with Gasteiger partial charge < -0.3 is 20.1 Å². The van der Waals surface area contributed by atoms with Crippen molar-refractivity contribution in [1.29, 1.82) is 0 Å². The minimum atomic E-state index is -4.57. The van der Waals surface area contributed by atoms with Crippen molar-refractivity contribution in [3.63, 3.8) is 0 Å². The Labute approximate surface area is 198 Å². The largest absolute Gasteiger partial charge is 0.493 e. The molecular weight excluding hydrogens is 473 g/mol. The van der Waals surface area contributed by atoms with Gasteiger partial charge in [-0.3, -0.25) is 4.79 Å². The van der Waals surface area contributed by atoms with Crippen LogP contribution in [-0.4, -0.2) is 36.1 Å². The van der Waals surface area contributed by atoms with Gasteiger partial charge in [0.15, 0.2) is 23.2 Å². The van der Waals surface area contributed by atoms with Crippen LogP contribution in [0.4, 0.5) is 19.0 Å². The molecule has 1 aromatic heterocycles. The molecule has 34 heavy (non-hydrogen) atoms. The van der Waals surface area contributed by atoms with Gasteiger partial charge in [-0.25, -0.2) is 4.68 Å². The Morgan fingerprint density at radius 3 is 2.59 bits per heavy atom. The number of aromatic nitrogens is 2. The lowest BCUT2D eigenvalue weighted by Gasteiger charge is -2.33. The van der Waals surface area contributed by atoms with E-state index >= 15 is 0 Å². The average Bonchev–Trinajstić information content (AvgIpc) is 3.26. The lowest BCUT2D eigenvalue weighted by atomic mass is 9.96. The highest BCUT2D eigenvalue weighted by Crippen LogP contribution is 2.44. The van der Waals surface area contributed by atoms with Crippen molar-refractivity contribution < 1.29 is 27.4 Å². The number of halogens is 4. The van der Waals surface area contributed by atoms with E-state index in [1.807, 2.05) is 0 Å². The number of carbonyl (C=O) groups excluding carboxylic acids is 1. The SMILES string of the molecule is COc1ccc(C2CC(C(F)(F)F)n3nc(C(=O)NCc4ccccc4Cl)cc3N2)cc1OC. The number of alkyl halides is 3. The van der Waals surface area contributed by atoms with Crippen LogP contribution in [0.2, 0.25) is 5.02 Å². The molecule has 2 heterocycles. The van der Waals surface area contributed by atoms with Crippen LogP contribution >= 0.6 is 11.6 Å². The second kappa shape index (κ2) is 9.46. The first-order chi connectivity index (χ1) is 16.2. The second-order valence-electron chi connectivity index (χ2n) is 7.74. The summed E-state index contributed by atoms with van der Waals surface area (Å²) in [5.41, 5.74) is 1.14. The van der Waals surface area contributed by atoms with Crippen LogP contribution in [-0.2, 0) is 6.54 Å². The molecule has 0 fully saturated rings. The van der Waals surface area contributed by atoms with Gasteiger partial charge in [0, 0.05) is 24.1 Å². The van der Waals surface area contributed by atoms with Crippen molar-refractivity contribution >= 4 is 23.3 Å². The standard InChI is InChI=1S/C23H22ClF3N4O3/c1-33-18-8-7-13(9-19(18)34-2)16-10-20(23(25,26)27)31-21(29-16)11-17(30-31)22(32)28-12-14-5-3-4-6-15(14)24/h3-9,11,16,20,29H,10,12H2,1-2H3,(H,28,32). The molecule has 1 amide bonds. The van der Waals surface area contributed by atoms with Crippen molar-refractivity contribution in [2.24, 2.45) is 0 Å². The molecule has 0 spiro atoms. The van der Waals surface area contributed by atoms with Crippen molar-refractivity contribution in [1.82, 2.24) is 15.1 Å². The van der Waals surface area contributed by atoms with Crippen LogP contribution < -0.4 is 20.1 Å². The molecule has 2 unspecified atom stereocenters. The number of nitrogens with one attached hydrogen (secondary N) is 2. The molecule has 3 aromatic rings. The molecule has 0 bridgehead atoms. The quantitative estimate of drug-likeness (QED) is 0.496. The maximum Gasteiger partial charge on any atom is 0.410 e. The van der Waals surface area contributed by atoms with Crippen molar-refractivity contribution in [2.75, 3.05) is 19.5 Å². The molecule has 1 aliphatic rings. The molecule has 2 aromatic carbocycles. The summed E-state index contributed by atoms with van der Waals surface area (Å²) in [6.45, 7) is 0.116. The van der Waals surface area contributed by atoms with E-state index in [1.54, 1.807) is 42.5 Å². The predicted octanol–water partition coefficient (Wildman–Crippen LogP) is 5.14. The number of amides is 1. The molecule has 7 nitrogen and oxygen atoms in total. The Balaban J connectivity index is 1.60. The molecule has 0 radical (unpaired) electrons. The highest BCUT2D eigenvalue weighted by molar-refractivity contribution is 6.31. The van der Waals surface area contributed by atoms with Crippen LogP contribution in [0, 0.1) is 0 Å². The van der Waals surface area contributed by atoms with Gasteiger partial charge >= 0.3 is 6.18 Å². The van der Waals surface area contributed by atoms with Gasteiger partial charge in [0.25, 0.3) is 5.91 Å². The zero-order valence-electron chi connectivity index (χ0n) is 18.3. The second-order valence-corrected chi connectivity index (χ2v) is 8.15. The normalized spacial score (nSPS) is 17.5. The third-order valence-corrected chi connectivity index (χ3v) is 6.00. The van der Waals surface area contributed by atoms with Gasteiger partial charge in [-0.2, -0.15) is 18.3 Å². The highest BCUT2D eigenvalue weighted by Gasteiger charge is 2.47. The number of hydrogen-bond acceptors (Lipinski definition) is 5. The Bertz CT molecular complexity index is 1200. The smallest absolute Gasteiger partial charge is 0.410 e. The van der Waals surface area contributed by atoms with E-state index in [4.69, 9.17) is 21.1 Å². The Hall–Kier alpha value is -3.40. The van der Waals surface area contributed by atoms with Gasteiger partial charge in [-0.05, 0) is 29.3 Å². The zero-order chi connectivity index (χ0) is 24.5. The zero-order valence-corrected chi connectivity index (χ0v) is 19.1. The molecule has 0 aliphatic carbocycles. The first kappa shape index (κ1) is 23.7. The number of hydrogen-bond donors (Lipinski definition) is 2. The van der Waals surface area contributed by atoms with Crippen molar-refractivity contribution in [2.45, 2.75) is 31.2 Å². The molecule has 11 heteroatoms. The van der Waals surface area contributed by atoms with E-state index in [0.717, 1.165) is 4.68 Å². The summed E-state index contributed by atoms with van der Waals surface area (Å²) in [5, 5.41) is 10.2. The highest BCUT2D eigenvalue weighted by atomic mass is 35.5. The minimum absolute atomic E-state index is 0.0938. The first-order valence-electron chi connectivity index (χ1n) is 10.4. The van der Waals surface area contributed by atoms with E-state index < -0.39 is 24.2 Å². The third-order valence-electron chi connectivity index (χ3n) is 5.63. The van der Waals surface area contributed by atoms with E-state index in [-0.39, 0.29) is 24.5 Å². The summed E-state index contributed by atoms with van der Waals surface area (Å²) in [7, 11) is 2.93. The van der Waals surface area contributed by atoms with Gasteiger partial charge in [-0.15, -0.1) is 0 Å². The fourth-order valence-electron chi connectivity index (χ4n) is 3.88. The van der Waals surface area contributed by atoms with Crippen molar-refractivity contribution in [3.05, 3.63) is 70.4 Å². The first-order valence-corrected chi connectivity index (χ1v) is 10.8. The Kier molecular flexibility index (Phi) is 6.60. The number of methoxy groups -OCH3 is 2. The molecule has 0 saturated heterocycles. The topological polar surface area (TPSA) is 77.4 Å². The summed E-state index contributed by atoms with van der Waals surface area (Å²) in [6, 6.07) is 10.6. The Morgan fingerprint density at radius 2 is 1.91 bits per heavy atom. The fourth-order valence-corrected chi connectivity index (χ4v) is 4.08. The summed E-state index contributed by atoms with van der Waals surface area (Å²) in [4.78, 5) is 12.6. The summed E-state index contributed by atoms with van der Waals surface area (Å²) < 4.78 is 53.2. The Morgan fingerprint density at radius 1 is 1.18 bits per heavy atom. The lowest BCUT2D eigenvalue weighted by Crippen LogP contribution is -2.35. The molecule has 2 atom stereocenters. The van der Waals surface area contributed by atoms with E-state index in [2.05, 4.69) is 15.7 Å². The minimum Gasteiger partial charge on any atom is -0.493 e. The van der Waals surface area contributed by atoms with Crippen LogP contribution in [0.5, 0.6) is 11.5 Å². The maximum atomic E-state index is 13.9. The van der Waals surface area contributed by atoms with Crippen molar-refractivity contribution in [3.8, 4) is 11.5 Å². The van der Waals surface area contributed by atoms with Crippen LogP contribution in [0.15, 0.2) is 48.5 Å². The van der Waals surface area contributed by atoms with Gasteiger partial charge in [0.05, 0.1) is 20.3 Å². The molecule has 4 rings (SSSR count). The molecule has 0 saturated carbocycles. The predicted molar refractivity (Wildman–Crippen MR) is 120 cm³/mol. The van der Waals surface area contributed by atoms with E-state index in [1.165, 1.54) is 20.3 Å². The summed E-state index contributed by atoms with van der Waals surface area (Å²) >= 11 is 6.10. The number of nitrogens with zero attached hydrogens (tertiary/aromatic N) is 2. The van der Waals surface area contributed by atoms with Crippen LogP contribution in [0.25, 0.3) is 0 Å². The fraction of sp³-hybridized carbons (Fsp3) is 0.304. The number of benzene rings is 2. The van der Waals surface area contributed by atoms with E-state index in [9.17, 15) is 18.0 Å². The average molecular weight is 495 g/mol. The summed E-state index contributed by atoms with van der Waals surface area (Å²) in [5.74, 6) is 0.365. The van der Waals surface area contributed by atoms with E-state index in [0.29, 0.717) is 27.6 Å². The monoisotopic (exact) mass is 494 g/mol. The number of fused-ring (bicyclic) bond motifs is 1. The van der Waals surface area contributed by atoms with Gasteiger partial charge in [-0.1, -0.05) is 35.9 Å². The number of anilines is 1. The molecule has 180 valence electrons. The van der Waals surface area contributed by atoms with Crippen LogP contribution in [0.3, 0.4) is 0 Å². The van der Waals surface area contributed by atoms with Crippen LogP contribution in [0.1, 0.15) is 40.1 Å². The molecule has 2 N–H and O–H groups in total. The number of rotatable bonds is 6. The number of ether oxygens (including phenoxy) is 2. The van der Waals surface area contributed by atoms with Gasteiger partial charge in [0.1, 0.15) is 5.82 Å². The third kappa shape index (κ3) is 4.77.